The fourth-order valence-electron chi connectivity index (χ4n) is 3.25. The number of carbonyl (C=O) groups is 1. The predicted molar refractivity (Wildman–Crippen MR) is 115 cm³/mol. The summed E-state index contributed by atoms with van der Waals surface area (Å²) in [5.41, 5.74) is 3.29. The summed E-state index contributed by atoms with van der Waals surface area (Å²) in [6, 6.07) is 20.8. The maximum absolute atomic E-state index is 13.3. The van der Waals surface area contributed by atoms with E-state index in [0.29, 0.717) is 18.8 Å². The topological polar surface area (TPSA) is 68.2 Å². The molecule has 0 bridgehead atoms. The van der Waals surface area contributed by atoms with Crippen LogP contribution in [0.1, 0.15) is 0 Å². The summed E-state index contributed by atoms with van der Waals surface area (Å²) in [6.07, 6.45) is 0. The minimum Gasteiger partial charge on any atom is -0.497 e. The second-order valence-electron chi connectivity index (χ2n) is 6.69. The number of carbonyl (C=O) groups excluding carboxylic acids is 1. The number of fused-ring (bicyclic) bond motifs is 1. The fourth-order valence-corrected chi connectivity index (χ4v) is 3.25. The maximum atomic E-state index is 13.3. The molecule has 1 heterocycles. The number of amides is 2. The van der Waals surface area contributed by atoms with Crippen LogP contribution in [0.4, 0.5) is 14.9 Å². The largest absolute Gasteiger partial charge is 0.497 e. The molecule has 0 atom stereocenters. The van der Waals surface area contributed by atoms with E-state index in [1.807, 2.05) is 28.8 Å². The number of urea groups is 1. The van der Waals surface area contributed by atoms with Crippen LogP contribution in [0.2, 0.25) is 0 Å². The number of benzene rings is 3. The van der Waals surface area contributed by atoms with Gasteiger partial charge in [0, 0.05) is 24.3 Å². The molecule has 152 valence electrons. The van der Waals surface area contributed by atoms with E-state index in [1.165, 1.54) is 12.1 Å². The third kappa shape index (κ3) is 4.25. The average Bonchev–Trinajstić information content (AvgIpc) is 3.13. The van der Waals surface area contributed by atoms with Crippen LogP contribution in [0.25, 0.3) is 22.4 Å². The predicted octanol–water partition coefficient (Wildman–Crippen LogP) is 4.67. The van der Waals surface area contributed by atoms with Crippen molar-refractivity contribution in [3.8, 4) is 17.1 Å². The summed E-state index contributed by atoms with van der Waals surface area (Å²) in [7, 11) is 1.59. The van der Waals surface area contributed by atoms with E-state index in [1.54, 1.807) is 43.5 Å². The van der Waals surface area contributed by atoms with Gasteiger partial charge in [-0.1, -0.05) is 12.1 Å². The summed E-state index contributed by atoms with van der Waals surface area (Å²) < 4.78 is 20.5. The molecule has 7 heteroatoms. The van der Waals surface area contributed by atoms with Gasteiger partial charge in [0.05, 0.1) is 18.1 Å². The first-order valence-electron chi connectivity index (χ1n) is 9.54. The lowest BCUT2D eigenvalue weighted by Gasteiger charge is -2.12. The smallest absolute Gasteiger partial charge is 0.319 e. The number of rotatable bonds is 6. The van der Waals surface area contributed by atoms with Crippen molar-refractivity contribution < 1.29 is 13.9 Å². The van der Waals surface area contributed by atoms with Crippen molar-refractivity contribution in [1.82, 2.24) is 14.9 Å². The van der Waals surface area contributed by atoms with E-state index in [0.717, 1.165) is 28.2 Å². The molecule has 6 nitrogen and oxygen atoms in total. The van der Waals surface area contributed by atoms with Crippen LogP contribution in [-0.4, -0.2) is 29.2 Å². The summed E-state index contributed by atoms with van der Waals surface area (Å²) in [5, 5.41) is 5.65. The van der Waals surface area contributed by atoms with Crippen molar-refractivity contribution in [3.05, 3.63) is 78.6 Å². The highest BCUT2D eigenvalue weighted by Crippen LogP contribution is 2.25. The van der Waals surface area contributed by atoms with E-state index < -0.39 is 0 Å². The second kappa shape index (κ2) is 8.65. The van der Waals surface area contributed by atoms with Crippen LogP contribution in [0.3, 0.4) is 0 Å². The van der Waals surface area contributed by atoms with E-state index in [-0.39, 0.29) is 11.8 Å². The van der Waals surface area contributed by atoms with Crippen molar-refractivity contribution in [2.75, 3.05) is 19.0 Å². The van der Waals surface area contributed by atoms with Gasteiger partial charge in [-0.15, -0.1) is 0 Å². The number of nitrogens with one attached hydrogen (secondary N) is 2. The molecular weight excluding hydrogens is 383 g/mol. The lowest BCUT2D eigenvalue weighted by Crippen LogP contribution is -2.31. The van der Waals surface area contributed by atoms with Crippen LogP contribution in [-0.2, 0) is 6.54 Å². The fraction of sp³-hybridized carbons (Fsp3) is 0.130. The molecule has 0 saturated carbocycles. The molecule has 3 aromatic carbocycles. The highest BCUT2D eigenvalue weighted by atomic mass is 19.1. The third-order valence-electron chi connectivity index (χ3n) is 4.73. The minimum absolute atomic E-state index is 0.293. The zero-order valence-electron chi connectivity index (χ0n) is 16.4. The molecule has 2 N–H and O–H groups in total. The Labute approximate surface area is 173 Å². The van der Waals surface area contributed by atoms with Crippen molar-refractivity contribution in [1.29, 1.82) is 0 Å². The number of imidazole rings is 1. The van der Waals surface area contributed by atoms with Gasteiger partial charge in [0.1, 0.15) is 17.4 Å². The second-order valence-corrected chi connectivity index (χ2v) is 6.69. The molecule has 0 unspecified atom stereocenters. The number of halogens is 1. The number of ether oxygens (including phenoxy) is 1. The number of methoxy groups -OCH3 is 1. The molecule has 30 heavy (non-hydrogen) atoms. The molecule has 2 amide bonds. The zero-order chi connectivity index (χ0) is 20.9. The molecule has 0 fully saturated rings. The van der Waals surface area contributed by atoms with Gasteiger partial charge >= 0.3 is 6.03 Å². The third-order valence-corrected chi connectivity index (χ3v) is 4.73. The summed E-state index contributed by atoms with van der Waals surface area (Å²) in [5.74, 6) is 1.16. The van der Waals surface area contributed by atoms with Gasteiger partial charge in [-0.05, 0) is 60.7 Å². The van der Waals surface area contributed by atoms with Crippen LogP contribution < -0.4 is 15.4 Å². The van der Waals surface area contributed by atoms with Crippen molar-refractivity contribution >= 4 is 22.8 Å². The van der Waals surface area contributed by atoms with Crippen LogP contribution >= 0.6 is 0 Å². The standard InChI is InChI=1S/C23H21FN4O2/c1-30-19-12-10-18(11-13-19)26-23(29)25-14-15-28-21-5-3-2-4-20(21)27-22(28)16-6-8-17(24)9-7-16/h2-13H,14-15H2,1H3,(H2,25,26,29). The molecule has 4 aromatic rings. The van der Waals surface area contributed by atoms with Crippen molar-refractivity contribution in [2.45, 2.75) is 6.54 Å². The van der Waals surface area contributed by atoms with Gasteiger partial charge in [0.2, 0.25) is 0 Å². The summed E-state index contributed by atoms with van der Waals surface area (Å²) >= 11 is 0. The van der Waals surface area contributed by atoms with Gasteiger partial charge in [-0.25, -0.2) is 14.2 Å². The van der Waals surface area contributed by atoms with Gasteiger partial charge in [-0.2, -0.15) is 0 Å². The number of aromatic nitrogens is 2. The SMILES string of the molecule is COc1ccc(NC(=O)NCCn2c(-c3ccc(F)cc3)nc3ccccc32)cc1. The molecule has 0 aliphatic rings. The van der Waals surface area contributed by atoms with Gasteiger partial charge < -0.3 is 19.9 Å². The van der Waals surface area contributed by atoms with E-state index in [9.17, 15) is 9.18 Å². The van der Waals surface area contributed by atoms with E-state index in [4.69, 9.17) is 9.72 Å². The zero-order valence-corrected chi connectivity index (χ0v) is 16.4. The summed E-state index contributed by atoms with van der Waals surface area (Å²) in [4.78, 5) is 16.9. The number of para-hydroxylation sites is 2. The Morgan fingerprint density at radius 1 is 1.03 bits per heavy atom. The molecule has 1 aromatic heterocycles. The first-order valence-corrected chi connectivity index (χ1v) is 9.54. The van der Waals surface area contributed by atoms with Crippen LogP contribution in [0.5, 0.6) is 5.75 Å². The molecule has 0 aliphatic heterocycles. The van der Waals surface area contributed by atoms with E-state index in [2.05, 4.69) is 10.6 Å². The Kier molecular flexibility index (Phi) is 5.61. The Bertz CT molecular complexity index is 1150. The van der Waals surface area contributed by atoms with Crippen LogP contribution in [0.15, 0.2) is 72.8 Å². The number of anilines is 1. The molecule has 0 saturated heterocycles. The first kappa shape index (κ1) is 19.4. The van der Waals surface area contributed by atoms with Gasteiger partial charge in [0.25, 0.3) is 0 Å². The van der Waals surface area contributed by atoms with Gasteiger partial charge in [0.15, 0.2) is 0 Å². The molecule has 0 spiro atoms. The Balaban J connectivity index is 1.47. The highest BCUT2D eigenvalue weighted by Gasteiger charge is 2.13. The van der Waals surface area contributed by atoms with Crippen LogP contribution in [0, 0.1) is 5.82 Å². The molecule has 0 radical (unpaired) electrons. The summed E-state index contributed by atoms with van der Waals surface area (Å²) in [6.45, 7) is 0.916. The number of nitrogens with zero attached hydrogens (tertiary/aromatic N) is 2. The van der Waals surface area contributed by atoms with Crippen molar-refractivity contribution in [3.63, 3.8) is 0 Å². The lowest BCUT2D eigenvalue weighted by molar-refractivity contribution is 0.251. The molecular formula is C23H21FN4O2. The van der Waals surface area contributed by atoms with Gasteiger partial charge in [-0.3, -0.25) is 0 Å². The number of hydrogen-bond acceptors (Lipinski definition) is 3. The Hall–Kier alpha value is -3.87. The molecule has 0 aliphatic carbocycles. The first-order chi connectivity index (χ1) is 14.6. The highest BCUT2D eigenvalue weighted by molar-refractivity contribution is 5.89. The van der Waals surface area contributed by atoms with Crippen molar-refractivity contribution in [2.24, 2.45) is 0 Å². The average molecular weight is 404 g/mol. The Morgan fingerprint density at radius 3 is 2.50 bits per heavy atom. The lowest BCUT2D eigenvalue weighted by atomic mass is 10.2. The molecule has 4 rings (SSSR count). The Morgan fingerprint density at radius 2 is 1.77 bits per heavy atom. The monoisotopic (exact) mass is 404 g/mol. The minimum atomic E-state index is -0.298. The normalized spacial score (nSPS) is 10.7. The van der Waals surface area contributed by atoms with E-state index >= 15 is 0 Å². The quantitative estimate of drug-likeness (QED) is 0.491. The maximum Gasteiger partial charge on any atom is 0.319 e. The number of hydrogen-bond donors (Lipinski definition) is 2.